The quantitative estimate of drug-likeness (QED) is 0.210. The monoisotopic (exact) mass is 579 g/mol. The number of aromatic nitrogens is 3. The van der Waals surface area contributed by atoms with Crippen molar-refractivity contribution in [3.05, 3.63) is 82.5 Å². The lowest BCUT2D eigenvalue weighted by atomic mass is 9.94. The SMILES string of the molecule is CC#Cc1cc(-c2nc3ncc(Cl)cc3[nH]2)cc(-c2cc3c(C(=O)NC)c(C4=CC=C(F)CC4)oc3cc2N(C)C)c1. The maximum Gasteiger partial charge on any atom is 0.255 e. The summed E-state index contributed by atoms with van der Waals surface area (Å²) in [6, 6.07) is 11.7. The van der Waals surface area contributed by atoms with Crippen molar-refractivity contribution in [2.45, 2.75) is 19.8 Å². The third kappa shape index (κ3) is 4.93. The van der Waals surface area contributed by atoms with Crippen molar-refractivity contribution in [1.82, 2.24) is 20.3 Å². The fourth-order valence-corrected chi connectivity index (χ4v) is 5.42. The molecule has 7 nitrogen and oxygen atoms in total. The maximum absolute atomic E-state index is 13.8. The fraction of sp³-hybridized carbons (Fsp3) is 0.182. The van der Waals surface area contributed by atoms with Crippen molar-refractivity contribution >= 4 is 50.9 Å². The molecule has 0 fully saturated rings. The summed E-state index contributed by atoms with van der Waals surface area (Å²) in [4.78, 5) is 27.6. The van der Waals surface area contributed by atoms with Crippen molar-refractivity contribution in [3.63, 3.8) is 0 Å². The largest absolute Gasteiger partial charge is 0.455 e. The van der Waals surface area contributed by atoms with Crippen LogP contribution in [0.4, 0.5) is 10.1 Å². The van der Waals surface area contributed by atoms with Crippen LogP contribution in [0.2, 0.25) is 5.02 Å². The number of nitrogens with zero attached hydrogens (tertiary/aromatic N) is 3. The molecule has 3 heterocycles. The molecule has 9 heteroatoms. The Balaban J connectivity index is 1.59. The number of rotatable bonds is 5. The zero-order valence-corrected chi connectivity index (χ0v) is 24.3. The number of hydrogen-bond donors (Lipinski definition) is 2. The van der Waals surface area contributed by atoms with Crippen LogP contribution in [0.5, 0.6) is 0 Å². The Morgan fingerprint density at radius 3 is 2.64 bits per heavy atom. The minimum Gasteiger partial charge on any atom is -0.455 e. The van der Waals surface area contributed by atoms with Crippen LogP contribution in [0.1, 0.15) is 41.4 Å². The molecule has 0 saturated heterocycles. The van der Waals surface area contributed by atoms with E-state index in [1.165, 1.54) is 6.08 Å². The van der Waals surface area contributed by atoms with E-state index in [9.17, 15) is 9.18 Å². The number of imidazole rings is 1. The summed E-state index contributed by atoms with van der Waals surface area (Å²) >= 11 is 6.15. The molecule has 1 aliphatic rings. The van der Waals surface area contributed by atoms with E-state index in [0.717, 1.165) is 39.0 Å². The fourth-order valence-electron chi connectivity index (χ4n) is 5.26. The molecule has 0 atom stereocenters. The summed E-state index contributed by atoms with van der Waals surface area (Å²) in [7, 11) is 5.50. The normalized spacial score (nSPS) is 13.0. The number of allylic oxidation sites excluding steroid dienone is 4. The predicted octanol–water partition coefficient (Wildman–Crippen LogP) is 7.52. The van der Waals surface area contributed by atoms with Gasteiger partial charge in [-0.3, -0.25) is 4.79 Å². The van der Waals surface area contributed by atoms with Crippen LogP contribution in [0, 0.1) is 11.8 Å². The molecule has 5 aromatic rings. The van der Waals surface area contributed by atoms with Crippen molar-refractivity contribution < 1.29 is 13.6 Å². The highest BCUT2D eigenvalue weighted by molar-refractivity contribution is 6.31. The molecule has 0 unspecified atom stereocenters. The van der Waals surface area contributed by atoms with Crippen molar-refractivity contribution in [2.24, 2.45) is 0 Å². The number of halogens is 2. The first-order valence-corrected chi connectivity index (χ1v) is 13.8. The zero-order valence-electron chi connectivity index (χ0n) is 23.5. The molecule has 42 heavy (non-hydrogen) atoms. The standard InChI is InChI=1S/C33H27ClFN5O2/c1-5-6-18-11-20(13-21(12-18)31-38-26-14-22(34)17-37-32(26)39-31)24-15-25-28(16-27(24)40(3)4)42-30(29(25)33(41)36-2)19-7-9-23(35)10-8-19/h7,9,11-17H,8,10H2,1-4H3,(H,36,41)(H,37,38,39). The van der Waals surface area contributed by atoms with E-state index in [1.807, 2.05) is 49.3 Å². The number of furan rings is 1. The van der Waals surface area contributed by atoms with Crippen molar-refractivity contribution in [2.75, 3.05) is 26.0 Å². The van der Waals surface area contributed by atoms with Crippen molar-refractivity contribution in [3.8, 4) is 34.4 Å². The van der Waals surface area contributed by atoms with Crippen LogP contribution in [-0.2, 0) is 0 Å². The molecule has 0 bridgehead atoms. The molecule has 3 aromatic heterocycles. The third-order valence-corrected chi connectivity index (χ3v) is 7.43. The highest BCUT2D eigenvalue weighted by Crippen LogP contribution is 2.42. The minimum absolute atomic E-state index is 0.192. The molecule has 0 radical (unpaired) electrons. The summed E-state index contributed by atoms with van der Waals surface area (Å²) in [5.41, 5.74) is 7.34. The van der Waals surface area contributed by atoms with Crippen LogP contribution in [-0.4, -0.2) is 42.0 Å². The van der Waals surface area contributed by atoms with Gasteiger partial charge in [-0.2, -0.15) is 0 Å². The van der Waals surface area contributed by atoms with Crippen LogP contribution in [0.3, 0.4) is 0 Å². The lowest BCUT2D eigenvalue weighted by Gasteiger charge is -2.18. The number of fused-ring (bicyclic) bond motifs is 2. The molecule has 0 spiro atoms. The third-order valence-electron chi connectivity index (χ3n) is 7.22. The second kappa shape index (κ2) is 10.8. The molecule has 0 aliphatic heterocycles. The lowest BCUT2D eigenvalue weighted by Crippen LogP contribution is -2.19. The first-order valence-electron chi connectivity index (χ1n) is 13.4. The Labute approximate surface area is 247 Å². The van der Waals surface area contributed by atoms with Crippen molar-refractivity contribution in [1.29, 1.82) is 0 Å². The van der Waals surface area contributed by atoms with Crippen LogP contribution in [0.15, 0.2) is 65.0 Å². The highest BCUT2D eigenvalue weighted by atomic mass is 35.5. The van der Waals surface area contributed by atoms with Gasteiger partial charge in [0.15, 0.2) is 5.65 Å². The Morgan fingerprint density at radius 2 is 1.93 bits per heavy atom. The summed E-state index contributed by atoms with van der Waals surface area (Å²) in [5.74, 6) is 6.79. The van der Waals surface area contributed by atoms with Gasteiger partial charge in [0.1, 0.15) is 23.0 Å². The average molecular weight is 580 g/mol. The molecular formula is C33H27ClFN5O2. The number of hydrogen-bond acceptors (Lipinski definition) is 5. The first-order chi connectivity index (χ1) is 20.2. The number of aromatic amines is 1. The molecule has 210 valence electrons. The Morgan fingerprint density at radius 1 is 1.12 bits per heavy atom. The van der Waals surface area contributed by atoms with E-state index in [-0.39, 0.29) is 18.2 Å². The number of carbonyl (C=O) groups is 1. The number of H-pyrrole nitrogens is 1. The molecule has 1 aliphatic carbocycles. The average Bonchev–Trinajstić information content (AvgIpc) is 3.57. The topological polar surface area (TPSA) is 87.0 Å². The minimum atomic E-state index is -0.275. The molecule has 1 amide bonds. The smallest absolute Gasteiger partial charge is 0.255 e. The van der Waals surface area contributed by atoms with E-state index < -0.39 is 0 Å². The first kappa shape index (κ1) is 27.3. The number of anilines is 1. The number of nitrogens with one attached hydrogen (secondary N) is 2. The molecule has 2 N–H and O–H groups in total. The number of benzene rings is 2. The Kier molecular flexibility index (Phi) is 7.05. The Hall–Kier alpha value is -4.87. The van der Waals surface area contributed by atoms with Crippen LogP contribution in [0.25, 0.3) is 50.2 Å². The van der Waals surface area contributed by atoms with Gasteiger partial charge in [0.25, 0.3) is 5.91 Å². The Bertz CT molecular complexity index is 2020. The van der Waals surface area contributed by atoms with E-state index in [1.54, 1.807) is 32.3 Å². The van der Waals surface area contributed by atoms with E-state index in [2.05, 4.69) is 32.1 Å². The number of pyridine rings is 1. The molecular weight excluding hydrogens is 553 g/mol. The van der Waals surface area contributed by atoms with E-state index in [0.29, 0.717) is 45.2 Å². The van der Waals surface area contributed by atoms with Crippen LogP contribution >= 0.6 is 11.6 Å². The summed E-state index contributed by atoms with van der Waals surface area (Å²) in [6.07, 6.45) is 5.39. The van der Waals surface area contributed by atoms with Gasteiger partial charge in [-0.05, 0) is 60.9 Å². The van der Waals surface area contributed by atoms with Gasteiger partial charge in [0.2, 0.25) is 0 Å². The number of amides is 1. The van der Waals surface area contributed by atoms with Gasteiger partial charge in [0, 0.05) is 67.6 Å². The molecule has 0 saturated carbocycles. The van der Waals surface area contributed by atoms with Gasteiger partial charge in [-0.25, -0.2) is 14.4 Å². The predicted molar refractivity (Wildman–Crippen MR) is 166 cm³/mol. The highest BCUT2D eigenvalue weighted by Gasteiger charge is 2.26. The maximum atomic E-state index is 13.8. The zero-order chi connectivity index (χ0) is 29.5. The van der Waals surface area contributed by atoms with Crippen LogP contribution < -0.4 is 10.2 Å². The summed E-state index contributed by atoms with van der Waals surface area (Å²) in [6.45, 7) is 1.79. The second-order valence-electron chi connectivity index (χ2n) is 10.2. The molecule has 2 aromatic carbocycles. The van der Waals surface area contributed by atoms with Gasteiger partial charge in [-0.15, -0.1) is 5.92 Å². The van der Waals surface area contributed by atoms with E-state index >= 15 is 0 Å². The second-order valence-corrected chi connectivity index (χ2v) is 10.7. The summed E-state index contributed by atoms with van der Waals surface area (Å²) in [5, 5.41) is 3.93. The van der Waals surface area contributed by atoms with Gasteiger partial charge < -0.3 is 19.6 Å². The summed E-state index contributed by atoms with van der Waals surface area (Å²) < 4.78 is 20.1. The van der Waals surface area contributed by atoms with Gasteiger partial charge >= 0.3 is 0 Å². The molecule has 6 rings (SSSR count). The van der Waals surface area contributed by atoms with E-state index in [4.69, 9.17) is 16.0 Å². The van der Waals surface area contributed by atoms with Gasteiger partial charge in [-0.1, -0.05) is 23.6 Å². The van der Waals surface area contributed by atoms with Gasteiger partial charge in [0.05, 0.1) is 16.1 Å². The lowest BCUT2D eigenvalue weighted by molar-refractivity contribution is 0.0963. The number of carbonyl (C=O) groups excluding carboxylic acids is 1.